The average Bonchev–Trinajstić information content (AvgIpc) is 2.60. The summed E-state index contributed by atoms with van der Waals surface area (Å²) in [5.41, 5.74) is 1.67. The van der Waals surface area contributed by atoms with Crippen molar-refractivity contribution in [3.63, 3.8) is 0 Å². The summed E-state index contributed by atoms with van der Waals surface area (Å²) in [4.78, 5) is 6.49. The zero-order valence-electron chi connectivity index (χ0n) is 15.5. The zero-order valence-corrected chi connectivity index (χ0v) is 16.3. The number of hydrogen-bond acceptors (Lipinski definition) is 4. The summed E-state index contributed by atoms with van der Waals surface area (Å²) in [5.74, 6) is 0. The van der Waals surface area contributed by atoms with E-state index in [1.165, 1.54) is 42.8 Å². The normalized spacial score (nSPS) is 23.6. The number of piperidine rings is 1. The van der Waals surface area contributed by atoms with Crippen molar-refractivity contribution >= 4 is 11.8 Å². The van der Waals surface area contributed by atoms with Gasteiger partial charge in [0.05, 0.1) is 11.7 Å². The minimum atomic E-state index is 0.202. The van der Waals surface area contributed by atoms with E-state index in [-0.39, 0.29) is 5.60 Å². The van der Waals surface area contributed by atoms with Crippen molar-refractivity contribution in [1.82, 2.24) is 9.80 Å². The molecule has 2 fully saturated rings. The molecule has 0 bridgehead atoms. The Morgan fingerprint density at radius 1 is 1.21 bits per heavy atom. The number of thioether (sulfide) groups is 1. The van der Waals surface area contributed by atoms with Gasteiger partial charge in [-0.05, 0) is 43.8 Å². The van der Waals surface area contributed by atoms with Gasteiger partial charge in [-0.2, -0.15) is 0 Å². The molecule has 1 atom stereocenters. The minimum absolute atomic E-state index is 0.202. The van der Waals surface area contributed by atoms with Crippen molar-refractivity contribution in [2.45, 2.75) is 56.3 Å². The average molecular weight is 349 g/mol. The molecule has 0 aliphatic carbocycles. The summed E-state index contributed by atoms with van der Waals surface area (Å²) in [7, 11) is 0. The highest BCUT2D eigenvalue weighted by molar-refractivity contribution is 7.98. The van der Waals surface area contributed by atoms with Gasteiger partial charge in [-0.1, -0.05) is 32.0 Å². The van der Waals surface area contributed by atoms with Gasteiger partial charge in [0.2, 0.25) is 0 Å². The van der Waals surface area contributed by atoms with Gasteiger partial charge < -0.3 is 9.64 Å². The predicted molar refractivity (Wildman–Crippen MR) is 103 cm³/mol. The third-order valence-corrected chi connectivity index (χ3v) is 6.56. The third-order valence-electron chi connectivity index (χ3n) is 5.73. The lowest BCUT2D eigenvalue weighted by Crippen LogP contribution is -2.59. The standard InChI is InChI=1S/C20H32N2OS/c1-4-21(5-2)16-18-14-20(23-18)10-12-22(13-11-20)15-17-8-6-7-9-19(17)24-3/h6-9,18H,4-5,10-16H2,1-3H3. The SMILES string of the molecule is CCN(CC)CC1CC2(CCN(Cc3ccccc3SC)CC2)O1. The fourth-order valence-electron chi connectivity index (χ4n) is 4.15. The summed E-state index contributed by atoms with van der Waals surface area (Å²) < 4.78 is 6.37. The Kier molecular flexibility index (Phi) is 6.25. The molecule has 2 heterocycles. The van der Waals surface area contributed by atoms with E-state index >= 15 is 0 Å². The van der Waals surface area contributed by atoms with Crippen LogP contribution < -0.4 is 0 Å². The molecule has 1 aromatic rings. The number of nitrogens with zero attached hydrogens (tertiary/aromatic N) is 2. The second-order valence-electron chi connectivity index (χ2n) is 7.20. The van der Waals surface area contributed by atoms with Crippen molar-refractivity contribution in [1.29, 1.82) is 0 Å². The summed E-state index contributed by atoms with van der Waals surface area (Å²) in [5, 5.41) is 0. The lowest BCUT2D eigenvalue weighted by Gasteiger charge is -2.53. The van der Waals surface area contributed by atoms with Crippen molar-refractivity contribution in [3.8, 4) is 0 Å². The summed E-state index contributed by atoms with van der Waals surface area (Å²) >= 11 is 1.85. The number of likely N-dealkylation sites (N-methyl/N-ethyl adjacent to an activating group) is 1. The maximum atomic E-state index is 6.37. The quantitative estimate of drug-likeness (QED) is 0.695. The molecule has 0 amide bonds. The molecule has 2 aliphatic heterocycles. The molecule has 0 radical (unpaired) electrons. The van der Waals surface area contributed by atoms with E-state index < -0.39 is 0 Å². The highest BCUT2D eigenvalue weighted by Crippen LogP contribution is 2.41. The lowest BCUT2D eigenvalue weighted by atomic mass is 9.80. The van der Waals surface area contributed by atoms with Crippen molar-refractivity contribution in [3.05, 3.63) is 29.8 Å². The molecule has 3 nitrogen and oxygen atoms in total. The van der Waals surface area contributed by atoms with Crippen LogP contribution in [0.3, 0.4) is 0 Å². The molecule has 0 aromatic heterocycles. The van der Waals surface area contributed by atoms with E-state index in [2.05, 4.69) is 54.2 Å². The molecule has 134 valence electrons. The number of benzene rings is 1. The molecule has 24 heavy (non-hydrogen) atoms. The van der Waals surface area contributed by atoms with Crippen molar-refractivity contribution < 1.29 is 4.74 Å². The molecule has 4 heteroatoms. The molecule has 1 aromatic carbocycles. The maximum Gasteiger partial charge on any atom is 0.0737 e. The first-order chi connectivity index (χ1) is 11.7. The van der Waals surface area contributed by atoms with Crippen LogP contribution in [-0.2, 0) is 11.3 Å². The number of hydrogen-bond donors (Lipinski definition) is 0. The van der Waals surface area contributed by atoms with Crippen LogP contribution in [0.25, 0.3) is 0 Å². The second kappa shape index (κ2) is 8.22. The van der Waals surface area contributed by atoms with E-state index in [0.29, 0.717) is 6.10 Å². The highest BCUT2D eigenvalue weighted by atomic mass is 32.2. The van der Waals surface area contributed by atoms with E-state index in [4.69, 9.17) is 4.74 Å². The molecule has 1 spiro atoms. The first kappa shape index (κ1) is 18.2. The smallest absolute Gasteiger partial charge is 0.0737 e. The third kappa shape index (κ3) is 4.16. The Balaban J connectivity index is 1.45. The highest BCUT2D eigenvalue weighted by Gasteiger charge is 2.47. The Labute approximate surface area is 151 Å². The van der Waals surface area contributed by atoms with Crippen LogP contribution in [0.2, 0.25) is 0 Å². The van der Waals surface area contributed by atoms with Crippen molar-refractivity contribution in [2.24, 2.45) is 0 Å². The number of likely N-dealkylation sites (tertiary alicyclic amines) is 1. The molecule has 0 N–H and O–H groups in total. The molecule has 0 saturated carbocycles. The van der Waals surface area contributed by atoms with E-state index in [1.807, 2.05) is 11.8 Å². The zero-order chi connectivity index (χ0) is 17.0. The molecular weight excluding hydrogens is 316 g/mol. The summed E-state index contributed by atoms with van der Waals surface area (Å²) in [6.45, 7) is 11.3. The van der Waals surface area contributed by atoms with Gasteiger partial charge in [-0.3, -0.25) is 4.90 Å². The summed E-state index contributed by atoms with van der Waals surface area (Å²) in [6, 6.07) is 8.81. The number of rotatable bonds is 7. The van der Waals surface area contributed by atoms with Gasteiger partial charge in [-0.25, -0.2) is 0 Å². The van der Waals surface area contributed by atoms with Gasteiger partial charge in [0.1, 0.15) is 0 Å². The van der Waals surface area contributed by atoms with Gasteiger partial charge in [-0.15, -0.1) is 11.8 Å². The first-order valence-electron chi connectivity index (χ1n) is 9.42. The molecular formula is C20H32N2OS. The van der Waals surface area contributed by atoms with E-state index in [9.17, 15) is 0 Å². The van der Waals surface area contributed by atoms with Crippen LogP contribution in [0.1, 0.15) is 38.7 Å². The van der Waals surface area contributed by atoms with Crippen LogP contribution >= 0.6 is 11.8 Å². The number of ether oxygens (including phenoxy) is 1. The Morgan fingerprint density at radius 2 is 1.88 bits per heavy atom. The van der Waals surface area contributed by atoms with E-state index in [0.717, 1.165) is 26.2 Å². The fraction of sp³-hybridized carbons (Fsp3) is 0.700. The first-order valence-corrected chi connectivity index (χ1v) is 10.6. The largest absolute Gasteiger partial charge is 0.370 e. The van der Waals surface area contributed by atoms with Crippen LogP contribution in [0.5, 0.6) is 0 Å². The second-order valence-corrected chi connectivity index (χ2v) is 8.05. The molecule has 3 rings (SSSR count). The fourth-order valence-corrected chi connectivity index (χ4v) is 4.76. The Morgan fingerprint density at radius 3 is 2.50 bits per heavy atom. The molecule has 2 aliphatic rings. The monoisotopic (exact) mass is 348 g/mol. The Hall–Kier alpha value is -0.550. The minimum Gasteiger partial charge on any atom is -0.370 e. The summed E-state index contributed by atoms with van der Waals surface area (Å²) in [6.07, 6.45) is 6.29. The van der Waals surface area contributed by atoms with E-state index in [1.54, 1.807) is 0 Å². The lowest BCUT2D eigenvalue weighted by molar-refractivity contribution is -0.229. The van der Waals surface area contributed by atoms with Crippen LogP contribution in [0.4, 0.5) is 0 Å². The van der Waals surface area contributed by atoms with Crippen molar-refractivity contribution in [2.75, 3.05) is 39.0 Å². The predicted octanol–water partition coefficient (Wildman–Crippen LogP) is 3.87. The van der Waals surface area contributed by atoms with Gasteiger partial charge in [0.15, 0.2) is 0 Å². The van der Waals surface area contributed by atoms with Gasteiger partial charge >= 0.3 is 0 Å². The topological polar surface area (TPSA) is 15.7 Å². The van der Waals surface area contributed by atoms with Crippen LogP contribution in [0, 0.1) is 0 Å². The van der Waals surface area contributed by atoms with Crippen LogP contribution in [-0.4, -0.2) is 60.5 Å². The molecule has 2 saturated heterocycles. The Bertz CT molecular complexity index is 516. The maximum absolute atomic E-state index is 6.37. The van der Waals surface area contributed by atoms with Crippen LogP contribution in [0.15, 0.2) is 29.2 Å². The van der Waals surface area contributed by atoms with Gasteiger partial charge in [0, 0.05) is 37.5 Å². The molecule has 1 unspecified atom stereocenters. The van der Waals surface area contributed by atoms with Gasteiger partial charge in [0.25, 0.3) is 0 Å².